The summed E-state index contributed by atoms with van der Waals surface area (Å²) in [6.45, 7) is 3.56. The molecule has 2 nitrogen and oxygen atoms in total. The van der Waals surface area contributed by atoms with Crippen LogP contribution in [0.4, 0.5) is 4.39 Å². The van der Waals surface area contributed by atoms with E-state index in [-0.39, 0.29) is 12.4 Å². The van der Waals surface area contributed by atoms with Gasteiger partial charge in [-0.25, -0.2) is 4.39 Å². The molecule has 84 valence electrons. The molecule has 4 heteroatoms. The Hall–Kier alpha value is -0.200. The number of aliphatic hydroxyl groups is 1. The Morgan fingerprint density at radius 1 is 1.53 bits per heavy atom. The smallest absolute Gasteiger partial charge is 0.128 e. The van der Waals surface area contributed by atoms with Gasteiger partial charge in [-0.1, -0.05) is 13.8 Å². The average Bonchev–Trinajstić information content (AvgIpc) is 2.20. The number of hydrogen-bond donors (Lipinski definition) is 2. The summed E-state index contributed by atoms with van der Waals surface area (Å²) in [5, 5.41) is 9.18. The maximum absolute atomic E-state index is 13.5. The summed E-state index contributed by atoms with van der Waals surface area (Å²) >= 11 is 2.11. The zero-order chi connectivity index (χ0) is 11.6. The van der Waals surface area contributed by atoms with Crippen LogP contribution in [0.15, 0.2) is 18.2 Å². The van der Waals surface area contributed by atoms with Gasteiger partial charge < -0.3 is 10.8 Å². The Morgan fingerprint density at radius 3 is 2.67 bits per heavy atom. The second kappa shape index (κ2) is 4.76. The normalized spacial score (nSPS) is 14.0. The molecule has 0 aliphatic heterocycles. The second-order valence-electron chi connectivity index (χ2n) is 4.29. The lowest BCUT2D eigenvalue weighted by Gasteiger charge is -2.30. The van der Waals surface area contributed by atoms with E-state index in [9.17, 15) is 9.50 Å². The molecule has 1 aromatic carbocycles. The molecular formula is C11H15FINO. The first kappa shape index (κ1) is 12.9. The molecule has 3 N–H and O–H groups in total. The van der Waals surface area contributed by atoms with Crippen molar-refractivity contribution in [3.05, 3.63) is 33.1 Å². The first-order valence-corrected chi connectivity index (χ1v) is 5.78. The highest BCUT2D eigenvalue weighted by Crippen LogP contribution is 2.32. The van der Waals surface area contributed by atoms with Crippen LogP contribution < -0.4 is 5.73 Å². The molecule has 0 saturated carbocycles. The maximum atomic E-state index is 13.5. The van der Waals surface area contributed by atoms with Crippen LogP contribution in [0.2, 0.25) is 0 Å². The highest BCUT2D eigenvalue weighted by Gasteiger charge is 2.28. The molecule has 0 aliphatic rings. The first-order chi connectivity index (χ1) is 6.88. The molecule has 0 unspecified atom stereocenters. The van der Waals surface area contributed by atoms with E-state index in [0.29, 0.717) is 5.56 Å². The van der Waals surface area contributed by atoms with Gasteiger partial charge in [-0.05, 0) is 40.8 Å². The van der Waals surface area contributed by atoms with Gasteiger partial charge >= 0.3 is 0 Å². The molecule has 0 heterocycles. The minimum atomic E-state index is -0.523. The van der Waals surface area contributed by atoms with E-state index < -0.39 is 11.5 Å². The van der Waals surface area contributed by atoms with Crippen molar-refractivity contribution < 1.29 is 9.50 Å². The number of hydrogen-bond acceptors (Lipinski definition) is 2. The molecule has 15 heavy (non-hydrogen) atoms. The van der Waals surface area contributed by atoms with Crippen molar-refractivity contribution in [1.82, 2.24) is 0 Å². The Labute approximate surface area is 103 Å². The number of aliphatic hydroxyl groups excluding tert-OH is 1. The molecule has 0 aliphatic carbocycles. The minimum absolute atomic E-state index is 0.0704. The topological polar surface area (TPSA) is 46.2 Å². The van der Waals surface area contributed by atoms with Gasteiger partial charge in [0, 0.05) is 27.2 Å². The Balaban J connectivity index is 3.10. The molecule has 0 aromatic heterocycles. The van der Waals surface area contributed by atoms with E-state index in [4.69, 9.17) is 5.73 Å². The van der Waals surface area contributed by atoms with Crippen molar-refractivity contribution in [3.63, 3.8) is 0 Å². The van der Waals surface area contributed by atoms with Crippen LogP contribution in [-0.4, -0.2) is 11.7 Å². The molecule has 0 spiro atoms. The number of rotatable bonds is 3. The summed E-state index contributed by atoms with van der Waals surface area (Å²) in [6.07, 6.45) is 0. The van der Waals surface area contributed by atoms with Crippen LogP contribution >= 0.6 is 22.6 Å². The standard InChI is InChI=1S/C11H15FINO/c1-11(2,6-15)10(14)8-5-7(13)3-4-9(8)12/h3-5,10,15H,6,14H2,1-2H3/t10-/m1/s1. The Kier molecular flexibility index (Phi) is 4.08. The Morgan fingerprint density at radius 2 is 2.13 bits per heavy atom. The van der Waals surface area contributed by atoms with Crippen molar-refractivity contribution in [2.75, 3.05) is 6.61 Å². The zero-order valence-corrected chi connectivity index (χ0v) is 11.0. The van der Waals surface area contributed by atoms with Crippen molar-refractivity contribution in [2.45, 2.75) is 19.9 Å². The highest BCUT2D eigenvalue weighted by molar-refractivity contribution is 14.1. The first-order valence-electron chi connectivity index (χ1n) is 4.70. The predicted molar refractivity (Wildman–Crippen MR) is 66.9 cm³/mol. The van der Waals surface area contributed by atoms with Crippen LogP contribution in [0.3, 0.4) is 0 Å². The summed E-state index contributed by atoms with van der Waals surface area (Å²) in [4.78, 5) is 0. The summed E-state index contributed by atoms with van der Waals surface area (Å²) in [6, 6.07) is 4.32. The molecule has 1 aromatic rings. The number of halogens is 2. The highest BCUT2D eigenvalue weighted by atomic mass is 127. The van der Waals surface area contributed by atoms with E-state index in [1.165, 1.54) is 6.07 Å². The fraction of sp³-hybridized carbons (Fsp3) is 0.455. The molecule has 1 atom stereocenters. The van der Waals surface area contributed by atoms with Gasteiger partial charge in [0.15, 0.2) is 0 Å². The van der Waals surface area contributed by atoms with Gasteiger partial charge in [-0.15, -0.1) is 0 Å². The average molecular weight is 323 g/mol. The van der Waals surface area contributed by atoms with E-state index >= 15 is 0 Å². The van der Waals surface area contributed by atoms with E-state index in [0.717, 1.165) is 3.57 Å². The van der Waals surface area contributed by atoms with Crippen molar-refractivity contribution in [2.24, 2.45) is 11.1 Å². The number of nitrogens with two attached hydrogens (primary N) is 1. The molecule has 0 amide bonds. The monoisotopic (exact) mass is 323 g/mol. The lowest BCUT2D eigenvalue weighted by molar-refractivity contribution is 0.131. The van der Waals surface area contributed by atoms with Crippen LogP contribution in [0, 0.1) is 14.8 Å². The fourth-order valence-electron chi connectivity index (χ4n) is 1.27. The number of benzene rings is 1. The van der Waals surface area contributed by atoms with E-state index in [1.807, 2.05) is 13.8 Å². The molecular weight excluding hydrogens is 308 g/mol. The fourth-order valence-corrected chi connectivity index (χ4v) is 1.79. The summed E-state index contributed by atoms with van der Waals surface area (Å²) in [7, 11) is 0. The van der Waals surface area contributed by atoms with Gasteiger partial charge in [-0.2, -0.15) is 0 Å². The molecule has 0 radical (unpaired) electrons. The van der Waals surface area contributed by atoms with E-state index in [2.05, 4.69) is 22.6 Å². The van der Waals surface area contributed by atoms with Gasteiger partial charge in [0.2, 0.25) is 0 Å². The zero-order valence-electron chi connectivity index (χ0n) is 8.80. The second-order valence-corrected chi connectivity index (χ2v) is 5.54. The van der Waals surface area contributed by atoms with Crippen molar-refractivity contribution in [1.29, 1.82) is 0 Å². The van der Waals surface area contributed by atoms with Crippen LogP contribution in [0.25, 0.3) is 0 Å². The van der Waals surface area contributed by atoms with Gasteiger partial charge in [0.1, 0.15) is 5.82 Å². The van der Waals surface area contributed by atoms with E-state index in [1.54, 1.807) is 12.1 Å². The quantitative estimate of drug-likeness (QED) is 0.840. The third kappa shape index (κ3) is 2.89. The SMILES string of the molecule is CC(C)(CO)[C@H](N)c1cc(I)ccc1F. The predicted octanol–water partition coefficient (Wildman–Crippen LogP) is 2.45. The lowest BCUT2D eigenvalue weighted by Crippen LogP contribution is -2.33. The maximum Gasteiger partial charge on any atom is 0.128 e. The van der Waals surface area contributed by atoms with Crippen LogP contribution in [0.1, 0.15) is 25.5 Å². The van der Waals surface area contributed by atoms with Crippen molar-refractivity contribution >= 4 is 22.6 Å². The van der Waals surface area contributed by atoms with Crippen molar-refractivity contribution in [3.8, 4) is 0 Å². The Bertz CT molecular complexity index is 354. The summed E-state index contributed by atoms with van der Waals surface area (Å²) < 4.78 is 14.5. The van der Waals surface area contributed by atoms with Gasteiger partial charge in [0.25, 0.3) is 0 Å². The molecule has 0 fully saturated rings. The van der Waals surface area contributed by atoms with Crippen LogP contribution in [-0.2, 0) is 0 Å². The summed E-state index contributed by atoms with van der Waals surface area (Å²) in [5.74, 6) is -0.315. The summed E-state index contributed by atoms with van der Waals surface area (Å²) in [5.41, 5.74) is 5.89. The van der Waals surface area contributed by atoms with Gasteiger partial charge in [-0.3, -0.25) is 0 Å². The van der Waals surface area contributed by atoms with Gasteiger partial charge in [0.05, 0.1) is 0 Å². The largest absolute Gasteiger partial charge is 0.396 e. The minimum Gasteiger partial charge on any atom is -0.396 e. The third-order valence-corrected chi connectivity index (χ3v) is 3.21. The van der Waals surface area contributed by atoms with Crippen LogP contribution in [0.5, 0.6) is 0 Å². The molecule has 0 saturated heterocycles. The third-order valence-electron chi connectivity index (χ3n) is 2.54. The lowest BCUT2D eigenvalue weighted by atomic mass is 9.82. The molecule has 0 bridgehead atoms. The molecule has 1 rings (SSSR count).